The lowest BCUT2D eigenvalue weighted by Crippen LogP contribution is -2.26. The molecular formula is C13H19N5O2. The summed E-state index contributed by atoms with van der Waals surface area (Å²) in [4.78, 5) is 17.8. The van der Waals surface area contributed by atoms with Crippen LogP contribution < -0.4 is 0 Å². The van der Waals surface area contributed by atoms with Gasteiger partial charge < -0.3 is 9.42 Å². The van der Waals surface area contributed by atoms with Crippen LogP contribution >= 0.6 is 0 Å². The summed E-state index contributed by atoms with van der Waals surface area (Å²) in [6.07, 6.45) is 5.57. The lowest BCUT2D eigenvalue weighted by atomic mass is 10.3. The molecule has 0 fully saturated rings. The molecule has 0 aliphatic carbocycles. The molecule has 0 saturated heterocycles. The first-order valence-electron chi connectivity index (χ1n) is 6.72. The average Bonchev–Trinajstić information content (AvgIpc) is 3.09. The van der Waals surface area contributed by atoms with Crippen LogP contribution in [0.15, 0.2) is 23.0 Å². The molecule has 0 unspecified atom stereocenters. The first-order valence-corrected chi connectivity index (χ1v) is 6.72. The first-order chi connectivity index (χ1) is 9.69. The van der Waals surface area contributed by atoms with E-state index in [4.69, 9.17) is 4.52 Å². The molecule has 2 heterocycles. The molecule has 2 aromatic rings. The third-order valence-electron chi connectivity index (χ3n) is 2.95. The molecule has 0 aliphatic heterocycles. The molecule has 20 heavy (non-hydrogen) atoms. The topological polar surface area (TPSA) is 77.1 Å². The fraction of sp³-hybridized carbons (Fsp3) is 0.538. The molecule has 1 amide bonds. The van der Waals surface area contributed by atoms with Crippen LogP contribution in [0, 0.1) is 0 Å². The number of rotatable bonds is 7. The minimum atomic E-state index is 0.0694. The predicted octanol–water partition coefficient (Wildman–Crippen LogP) is 1.27. The minimum Gasteiger partial charge on any atom is -0.339 e. The van der Waals surface area contributed by atoms with E-state index in [-0.39, 0.29) is 5.91 Å². The zero-order chi connectivity index (χ0) is 14.4. The van der Waals surface area contributed by atoms with E-state index in [9.17, 15) is 4.79 Å². The highest BCUT2D eigenvalue weighted by Gasteiger charge is 2.12. The van der Waals surface area contributed by atoms with E-state index in [1.807, 2.05) is 23.9 Å². The second kappa shape index (κ2) is 6.83. The van der Waals surface area contributed by atoms with Crippen molar-refractivity contribution >= 4 is 5.91 Å². The maximum Gasteiger partial charge on any atom is 0.226 e. The number of aryl methyl sites for hydroxylation is 2. The van der Waals surface area contributed by atoms with E-state index in [0.717, 1.165) is 13.0 Å². The number of nitrogens with zero attached hydrogens (tertiary/aromatic N) is 5. The summed E-state index contributed by atoms with van der Waals surface area (Å²) in [5.74, 6) is 1.21. The second-order valence-electron chi connectivity index (χ2n) is 4.58. The maximum absolute atomic E-state index is 12.0. The predicted molar refractivity (Wildman–Crippen MR) is 71.6 cm³/mol. The Hall–Kier alpha value is -2.18. The molecule has 0 spiro atoms. The number of hydrogen-bond donors (Lipinski definition) is 0. The van der Waals surface area contributed by atoms with Crippen molar-refractivity contribution < 1.29 is 9.32 Å². The van der Waals surface area contributed by atoms with Crippen molar-refractivity contribution in [2.75, 3.05) is 7.05 Å². The Morgan fingerprint density at radius 2 is 2.35 bits per heavy atom. The molecule has 0 atom stereocenters. The highest BCUT2D eigenvalue weighted by molar-refractivity contribution is 5.75. The van der Waals surface area contributed by atoms with E-state index in [0.29, 0.717) is 31.1 Å². The van der Waals surface area contributed by atoms with Gasteiger partial charge in [0.25, 0.3) is 0 Å². The molecule has 0 N–H and O–H groups in total. The Morgan fingerprint density at radius 3 is 3.00 bits per heavy atom. The van der Waals surface area contributed by atoms with Crippen LogP contribution in [0.4, 0.5) is 0 Å². The molecule has 2 rings (SSSR count). The van der Waals surface area contributed by atoms with Crippen molar-refractivity contribution in [2.24, 2.45) is 0 Å². The van der Waals surface area contributed by atoms with Crippen molar-refractivity contribution in [1.29, 1.82) is 0 Å². The third-order valence-corrected chi connectivity index (χ3v) is 2.95. The van der Waals surface area contributed by atoms with Gasteiger partial charge >= 0.3 is 0 Å². The molecule has 0 saturated carbocycles. The quantitative estimate of drug-likeness (QED) is 0.761. The molecule has 0 radical (unpaired) electrons. The van der Waals surface area contributed by atoms with Gasteiger partial charge in [-0.3, -0.25) is 9.48 Å². The van der Waals surface area contributed by atoms with Crippen LogP contribution in [0.1, 0.15) is 31.5 Å². The van der Waals surface area contributed by atoms with Gasteiger partial charge in [-0.1, -0.05) is 12.1 Å². The lowest BCUT2D eigenvalue weighted by Gasteiger charge is -2.14. The van der Waals surface area contributed by atoms with E-state index >= 15 is 0 Å². The lowest BCUT2D eigenvalue weighted by molar-refractivity contribution is -0.130. The largest absolute Gasteiger partial charge is 0.339 e. The van der Waals surface area contributed by atoms with Crippen molar-refractivity contribution in [3.63, 3.8) is 0 Å². The zero-order valence-corrected chi connectivity index (χ0v) is 11.8. The van der Waals surface area contributed by atoms with Crippen molar-refractivity contribution in [3.8, 4) is 0 Å². The Balaban J connectivity index is 1.74. The monoisotopic (exact) mass is 277 g/mol. The second-order valence-corrected chi connectivity index (χ2v) is 4.58. The fourth-order valence-electron chi connectivity index (χ4n) is 1.81. The Bertz CT molecular complexity index is 535. The van der Waals surface area contributed by atoms with Crippen LogP contribution in [-0.4, -0.2) is 37.8 Å². The van der Waals surface area contributed by atoms with Gasteiger partial charge in [-0.15, -0.1) is 0 Å². The van der Waals surface area contributed by atoms with E-state index in [1.165, 1.54) is 0 Å². The molecular weight excluding hydrogens is 258 g/mol. The first kappa shape index (κ1) is 14.2. The van der Waals surface area contributed by atoms with Crippen LogP contribution in [0.3, 0.4) is 0 Å². The SMILES string of the molecule is CCc1nc(CN(C)C(=O)CCCn2cccn2)no1. The summed E-state index contributed by atoms with van der Waals surface area (Å²) in [7, 11) is 1.75. The van der Waals surface area contributed by atoms with Gasteiger partial charge in [0.1, 0.15) is 0 Å². The summed E-state index contributed by atoms with van der Waals surface area (Å²) < 4.78 is 6.83. The zero-order valence-electron chi connectivity index (χ0n) is 11.8. The van der Waals surface area contributed by atoms with E-state index in [2.05, 4.69) is 15.2 Å². The van der Waals surface area contributed by atoms with Gasteiger partial charge in [-0.2, -0.15) is 10.1 Å². The van der Waals surface area contributed by atoms with Gasteiger partial charge in [0.05, 0.1) is 6.54 Å². The molecule has 0 bridgehead atoms. The summed E-state index contributed by atoms with van der Waals surface area (Å²) in [5, 5.41) is 7.93. The van der Waals surface area contributed by atoms with Crippen molar-refractivity contribution in [3.05, 3.63) is 30.2 Å². The fourth-order valence-corrected chi connectivity index (χ4v) is 1.81. The summed E-state index contributed by atoms with van der Waals surface area (Å²) in [6, 6.07) is 1.87. The number of hydrogen-bond acceptors (Lipinski definition) is 5. The van der Waals surface area contributed by atoms with Gasteiger partial charge in [0, 0.05) is 38.8 Å². The minimum absolute atomic E-state index is 0.0694. The normalized spacial score (nSPS) is 10.7. The van der Waals surface area contributed by atoms with Gasteiger partial charge in [0.2, 0.25) is 11.8 Å². The highest BCUT2D eigenvalue weighted by atomic mass is 16.5. The number of carbonyl (C=O) groups excluding carboxylic acids is 1. The van der Waals surface area contributed by atoms with E-state index < -0.39 is 0 Å². The number of carbonyl (C=O) groups is 1. The highest BCUT2D eigenvalue weighted by Crippen LogP contribution is 2.04. The third kappa shape index (κ3) is 3.91. The molecule has 7 heteroatoms. The van der Waals surface area contributed by atoms with E-state index in [1.54, 1.807) is 18.1 Å². The molecule has 2 aromatic heterocycles. The van der Waals surface area contributed by atoms with Gasteiger partial charge in [-0.25, -0.2) is 0 Å². The standard InChI is InChI=1S/C13H19N5O2/c1-3-12-15-11(16-20-12)10-17(2)13(19)6-4-8-18-9-5-7-14-18/h5,7,9H,3-4,6,8,10H2,1-2H3. The summed E-state index contributed by atoms with van der Waals surface area (Å²) in [6.45, 7) is 3.07. The maximum atomic E-state index is 12.0. The number of aromatic nitrogens is 4. The van der Waals surface area contributed by atoms with Crippen LogP contribution in [0.2, 0.25) is 0 Å². The van der Waals surface area contributed by atoms with Gasteiger partial charge in [-0.05, 0) is 12.5 Å². The average molecular weight is 277 g/mol. The smallest absolute Gasteiger partial charge is 0.226 e. The van der Waals surface area contributed by atoms with Crippen LogP contribution in [-0.2, 0) is 24.3 Å². The number of amides is 1. The molecule has 0 aromatic carbocycles. The Labute approximate surface area is 117 Å². The Kier molecular flexibility index (Phi) is 4.86. The van der Waals surface area contributed by atoms with Gasteiger partial charge in [0.15, 0.2) is 5.82 Å². The summed E-state index contributed by atoms with van der Waals surface area (Å²) in [5.41, 5.74) is 0. The van der Waals surface area contributed by atoms with Crippen LogP contribution in [0.25, 0.3) is 0 Å². The molecule has 108 valence electrons. The molecule has 7 nitrogen and oxygen atoms in total. The molecule has 0 aliphatic rings. The Morgan fingerprint density at radius 1 is 1.50 bits per heavy atom. The summed E-state index contributed by atoms with van der Waals surface area (Å²) >= 11 is 0. The van der Waals surface area contributed by atoms with Crippen LogP contribution in [0.5, 0.6) is 0 Å². The van der Waals surface area contributed by atoms with Crippen molar-refractivity contribution in [2.45, 2.75) is 39.3 Å². The van der Waals surface area contributed by atoms with Crippen molar-refractivity contribution in [1.82, 2.24) is 24.8 Å².